The molecule has 0 unspecified atom stereocenters. The molecule has 0 aromatic heterocycles. The van der Waals surface area contributed by atoms with Gasteiger partial charge < -0.3 is 15.3 Å². The lowest BCUT2D eigenvalue weighted by Crippen LogP contribution is -2.49. The van der Waals surface area contributed by atoms with Gasteiger partial charge in [-0.1, -0.05) is 24.6 Å². The molecule has 0 radical (unpaired) electrons. The average Bonchev–Trinajstić information content (AvgIpc) is 2.49. The number of carbonyl (C=O) groups is 2. The molecule has 20 heavy (non-hydrogen) atoms. The van der Waals surface area contributed by atoms with Gasteiger partial charge in [0.15, 0.2) is 0 Å². The molecule has 1 amide bonds. The van der Waals surface area contributed by atoms with Crippen molar-refractivity contribution in [3.05, 3.63) is 30.3 Å². The van der Waals surface area contributed by atoms with Gasteiger partial charge in [0.2, 0.25) is 5.91 Å². The van der Waals surface area contributed by atoms with E-state index in [1.54, 1.807) is 4.90 Å². The van der Waals surface area contributed by atoms with Crippen LogP contribution in [0.4, 0.5) is 5.69 Å². The molecule has 1 aliphatic rings. The Labute approximate surface area is 118 Å². The number of carboxylic acid groups (broad SMARTS) is 1. The van der Waals surface area contributed by atoms with E-state index in [9.17, 15) is 9.59 Å². The minimum absolute atomic E-state index is 0.0304. The summed E-state index contributed by atoms with van der Waals surface area (Å²) >= 11 is 0. The third kappa shape index (κ3) is 3.81. The molecule has 1 aromatic rings. The first kappa shape index (κ1) is 14.5. The number of aliphatic carboxylic acids is 1. The molecule has 5 nitrogen and oxygen atoms in total. The van der Waals surface area contributed by atoms with Gasteiger partial charge in [-0.2, -0.15) is 0 Å². The summed E-state index contributed by atoms with van der Waals surface area (Å²) in [5.74, 6) is -0.924. The molecule has 1 fully saturated rings. The van der Waals surface area contributed by atoms with Crippen molar-refractivity contribution in [2.24, 2.45) is 0 Å². The standard InChI is InChI=1S/C15H20N2O3/c18-14(19)9-11-17(12-6-2-1-3-7-12)15(20)13-8-4-5-10-16-13/h1-3,6-7,13,16H,4-5,8-11H2,(H,18,19)/t13-/m1/s1. The molecule has 1 heterocycles. The number of carboxylic acids is 1. The predicted molar refractivity (Wildman–Crippen MR) is 76.7 cm³/mol. The van der Waals surface area contributed by atoms with Crippen molar-refractivity contribution in [1.82, 2.24) is 5.32 Å². The fourth-order valence-electron chi connectivity index (χ4n) is 2.43. The molecule has 1 atom stereocenters. The van der Waals surface area contributed by atoms with Crippen molar-refractivity contribution in [3.8, 4) is 0 Å². The summed E-state index contributed by atoms with van der Waals surface area (Å²) in [5, 5.41) is 12.1. The second-order valence-electron chi connectivity index (χ2n) is 4.97. The van der Waals surface area contributed by atoms with Crippen molar-refractivity contribution in [2.45, 2.75) is 31.7 Å². The highest BCUT2D eigenvalue weighted by Gasteiger charge is 2.26. The van der Waals surface area contributed by atoms with Gasteiger partial charge in [0, 0.05) is 12.2 Å². The number of benzene rings is 1. The number of nitrogens with zero attached hydrogens (tertiary/aromatic N) is 1. The van der Waals surface area contributed by atoms with Gasteiger partial charge in [0.05, 0.1) is 12.5 Å². The number of nitrogens with one attached hydrogen (secondary N) is 1. The first-order chi connectivity index (χ1) is 9.68. The summed E-state index contributed by atoms with van der Waals surface area (Å²) in [6.07, 6.45) is 2.89. The van der Waals surface area contributed by atoms with E-state index in [1.165, 1.54) is 0 Å². The Kier molecular flexibility index (Phi) is 5.12. The van der Waals surface area contributed by atoms with Gasteiger partial charge in [0.25, 0.3) is 0 Å². The van der Waals surface area contributed by atoms with E-state index in [2.05, 4.69) is 5.32 Å². The van der Waals surface area contributed by atoms with E-state index in [-0.39, 0.29) is 24.9 Å². The second-order valence-corrected chi connectivity index (χ2v) is 4.97. The quantitative estimate of drug-likeness (QED) is 0.857. The molecule has 0 aliphatic carbocycles. The second kappa shape index (κ2) is 7.05. The SMILES string of the molecule is O=C(O)CCN(C(=O)[C@H]1CCCCN1)c1ccccc1. The van der Waals surface area contributed by atoms with Crippen molar-refractivity contribution < 1.29 is 14.7 Å². The van der Waals surface area contributed by atoms with E-state index < -0.39 is 5.97 Å². The number of amides is 1. The van der Waals surface area contributed by atoms with Crippen LogP contribution in [-0.2, 0) is 9.59 Å². The maximum Gasteiger partial charge on any atom is 0.305 e. The zero-order chi connectivity index (χ0) is 14.4. The van der Waals surface area contributed by atoms with Crippen LogP contribution in [0.25, 0.3) is 0 Å². The number of rotatable bonds is 5. The van der Waals surface area contributed by atoms with Crippen molar-refractivity contribution in [2.75, 3.05) is 18.0 Å². The lowest BCUT2D eigenvalue weighted by molar-refractivity contribution is -0.136. The topological polar surface area (TPSA) is 69.6 Å². The van der Waals surface area contributed by atoms with Crippen LogP contribution < -0.4 is 10.2 Å². The van der Waals surface area contributed by atoms with Crippen LogP contribution in [0.15, 0.2) is 30.3 Å². The fraction of sp³-hybridized carbons (Fsp3) is 0.467. The zero-order valence-corrected chi connectivity index (χ0v) is 11.4. The van der Waals surface area contributed by atoms with E-state index in [0.29, 0.717) is 0 Å². The minimum atomic E-state index is -0.893. The minimum Gasteiger partial charge on any atom is -0.481 e. The molecule has 1 saturated heterocycles. The molecule has 2 N–H and O–H groups in total. The Morgan fingerprint density at radius 3 is 2.60 bits per heavy atom. The Bertz CT molecular complexity index is 455. The van der Waals surface area contributed by atoms with Crippen LogP contribution in [-0.4, -0.2) is 36.1 Å². The van der Waals surface area contributed by atoms with E-state index in [0.717, 1.165) is 31.5 Å². The molecule has 108 valence electrons. The Morgan fingerprint density at radius 1 is 1.25 bits per heavy atom. The summed E-state index contributed by atoms with van der Waals surface area (Å²) in [4.78, 5) is 24.9. The van der Waals surface area contributed by atoms with E-state index in [4.69, 9.17) is 5.11 Å². The third-order valence-electron chi connectivity index (χ3n) is 3.49. The Morgan fingerprint density at radius 2 is 2.00 bits per heavy atom. The maximum absolute atomic E-state index is 12.6. The summed E-state index contributed by atoms with van der Waals surface area (Å²) in [6.45, 7) is 1.05. The summed E-state index contributed by atoms with van der Waals surface area (Å²) < 4.78 is 0. The summed E-state index contributed by atoms with van der Waals surface area (Å²) in [6, 6.07) is 9.06. The van der Waals surface area contributed by atoms with Gasteiger partial charge in [-0.25, -0.2) is 0 Å². The van der Waals surface area contributed by atoms with E-state index >= 15 is 0 Å². The molecule has 0 saturated carbocycles. The first-order valence-electron chi connectivity index (χ1n) is 7.00. The molecule has 1 aromatic carbocycles. The highest BCUT2D eigenvalue weighted by molar-refractivity contribution is 5.97. The number of hydrogen-bond acceptors (Lipinski definition) is 3. The number of carbonyl (C=O) groups excluding carboxylic acids is 1. The lowest BCUT2D eigenvalue weighted by atomic mass is 10.0. The molecule has 0 spiro atoms. The van der Waals surface area contributed by atoms with E-state index in [1.807, 2.05) is 30.3 Å². The number of piperidine rings is 1. The summed E-state index contributed by atoms with van der Waals surface area (Å²) in [5.41, 5.74) is 0.756. The van der Waals surface area contributed by atoms with Crippen molar-refractivity contribution in [1.29, 1.82) is 0 Å². The fourth-order valence-corrected chi connectivity index (χ4v) is 2.43. The van der Waals surface area contributed by atoms with Crippen molar-refractivity contribution in [3.63, 3.8) is 0 Å². The van der Waals surface area contributed by atoms with Gasteiger partial charge in [-0.05, 0) is 31.5 Å². The van der Waals surface area contributed by atoms with Crippen LogP contribution in [0, 0.1) is 0 Å². The molecular weight excluding hydrogens is 256 g/mol. The van der Waals surface area contributed by atoms with Crippen LogP contribution >= 0.6 is 0 Å². The molecular formula is C15H20N2O3. The number of para-hydroxylation sites is 1. The molecule has 5 heteroatoms. The van der Waals surface area contributed by atoms with Crippen LogP contribution in [0.5, 0.6) is 0 Å². The van der Waals surface area contributed by atoms with Gasteiger partial charge >= 0.3 is 5.97 Å². The van der Waals surface area contributed by atoms with Gasteiger partial charge in [-0.15, -0.1) is 0 Å². The Hall–Kier alpha value is -1.88. The highest BCUT2D eigenvalue weighted by atomic mass is 16.4. The molecule has 2 rings (SSSR count). The zero-order valence-electron chi connectivity index (χ0n) is 11.4. The van der Waals surface area contributed by atoms with Gasteiger partial charge in [-0.3, -0.25) is 9.59 Å². The largest absolute Gasteiger partial charge is 0.481 e. The lowest BCUT2D eigenvalue weighted by Gasteiger charge is -2.29. The number of hydrogen-bond donors (Lipinski definition) is 2. The van der Waals surface area contributed by atoms with Gasteiger partial charge in [0.1, 0.15) is 0 Å². The summed E-state index contributed by atoms with van der Waals surface area (Å²) in [7, 11) is 0. The highest BCUT2D eigenvalue weighted by Crippen LogP contribution is 2.18. The first-order valence-corrected chi connectivity index (χ1v) is 7.00. The number of anilines is 1. The maximum atomic E-state index is 12.6. The molecule has 1 aliphatic heterocycles. The third-order valence-corrected chi connectivity index (χ3v) is 3.49. The van der Waals surface area contributed by atoms with Crippen LogP contribution in [0.1, 0.15) is 25.7 Å². The van der Waals surface area contributed by atoms with Crippen LogP contribution in [0.2, 0.25) is 0 Å². The predicted octanol–water partition coefficient (Wildman–Crippen LogP) is 1.64. The Balaban J connectivity index is 2.12. The normalized spacial score (nSPS) is 18.5. The van der Waals surface area contributed by atoms with Crippen LogP contribution in [0.3, 0.4) is 0 Å². The average molecular weight is 276 g/mol. The smallest absolute Gasteiger partial charge is 0.305 e. The molecule has 0 bridgehead atoms. The monoisotopic (exact) mass is 276 g/mol. The van der Waals surface area contributed by atoms with Crippen molar-refractivity contribution >= 4 is 17.6 Å².